The molecule has 1 heterocycles. The molecule has 0 saturated carbocycles. The summed E-state index contributed by atoms with van der Waals surface area (Å²) in [6, 6.07) is 9.91. The van der Waals surface area contributed by atoms with Crippen molar-refractivity contribution in [2.45, 2.75) is 19.6 Å². The molecule has 1 aliphatic rings. The van der Waals surface area contributed by atoms with Crippen LogP contribution in [0.25, 0.3) is 0 Å². The highest BCUT2D eigenvalue weighted by Crippen LogP contribution is 2.06. The van der Waals surface area contributed by atoms with Crippen molar-refractivity contribution in [1.29, 1.82) is 0 Å². The van der Waals surface area contributed by atoms with Crippen molar-refractivity contribution in [3.63, 3.8) is 0 Å². The molecule has 0 aromatic heterocycles. The second-order valence-corrected chi connectivity index (χ2v) is 5.64. The summed E-state index contributed by atoms with van der Waals surface area (Å²) in [5, 5.41) is 10.1. The van der Waals surface area contributed by atoms with Crippen molar-refractivity contribution in [3.8, 4) is 0 Å². The summed E-state index contributed by atoms with van der Waals surface area (Å²) in [7, 11) is 0. The predicted octanol–water partition coefficient (Wildman–Crippen LogP) is 1.76. The first-order valence-electron chi connectivity index (χ1n) is 8.13. The van der Waals surface area contributed by atoms with Crippen molar-refractivity contribution in [1.82, 2.24) is 9.80 Å². The molecule has 1 aliphatic heterocycles. The minimum Gasteiger partial charge on any atom is -0.450 e. The normalized spacial score (nSPS) is 16.3. The van der Waals surface area contributed by atoms with E-state index in [2.05, 4.69) is 4.90 Å². The summed E-state index contributed by atoms with van der Waals surface area (Å²) in [5.41, 5.74) is 1.10. The van der Waals surface area contributed by atoms with E-state index in [0.29, 0.717) is 39.5 Å². The van der Waals surface area contributed by atoms with Gasteiger partial charge in [0, 0.05) is 32.7 Å². The molecule has 0 aliphatic carbocycles. The summed E-state index contributed by atoms with van der Waals surface area (Å²) < 4.78 is 10.5. The highest BCUT2D eigenvalue weighted by atomic mass is 35.5. The molecule has 1 N–H and O–H groups in total. The lowest BCUT2D eigenvalue weighted by atomic mass is 10.2. The first-order chi connectivity index (χ1) is 11.2. The summed E-state index contributed by atoms with van der Waals surface area (Å²) in [6.45, 7) is 6.35. The largest absolute Gasteiger partial charge is 0.450 e. The molecule has 1 unspecified atom stereocenters. The van der Waals surface area contributed by atoms with Gasteiger partial charge in [-0.25, -0.2) is 4.79 Å². The average molecular weight is 359 g/mol. The van der Waals surface area contributed by atoms with Crippen LogP contribution in [-0.2, 0) is 16.1 Å². The SMILES string of the molecule is CCOC(=O)N1CCN(CC(O)COCc2ccccc2)CC1.Cl. The fourth-order valence-electron chi connectivity index (χ4n) is 2.57. The Morgan fingerprint density at radius 1 is 1.21 bits per heavy atom. The molecule has 1 aromatic rings. The molecule has 0 spiro atoms. The van der Waals surface area contributed by atoms with Gasteiger partial charge in [0.2, 0.25) is 0 Å². The fraction of sp³-hybridized carbons (Fsp3) is 0.588. The molecule has 6 nitrogen and oxygen atoms in total. The van der Waals surface area contributed by atoms with Gasteiger partial charge < -0.3 is 19.5 Å². The molecular formula is C17H27ClN2O4. The van der Waals surface area contributed by atoms with E-state index in [1.165, 1.54) is 0 Å². The Morgan fingerprint density at radius 3 is 2.50 bits per heavy atom. The number of amides is 1. The van der Waals surface area contributed by atoms with E-state index < -0.39 is 6.10 Å². The van der Waals surface area contributed by atoms with E-state index in [1.807, 2.05) is 30.3 Å². The number of hydrogen-bond acceptors (Lipinski definition) is 5. The van der Waals surface area contributed by atoms with E-state index in [0.717, 1.165) is 18.7 Å². The van der Waals surface area contributed by atoms with Crippen LogP contribution in [0.1, 0.15) is 12.5 Å². The number of aliphatic hydroxyl groups excluding tert-OH is 1. The zero-order valence-corrected chi connectivity index (χ0v) is 14.9. The summed E-state index contributed by atoms with van der Waals surface area (Å²) in [4.78, 5) is 15.5. The number of ether oxygens (including phenoxy) is 2. The average Bonchev–Trinajstić information content (AvgIpc) is 2.57. The van der Waals surface area contributed by atoms with Crippen molar-refractivity contribution in [2.24, 2.45) is 0 Å². The third-order valence-corrected chi connectivity index (χ3v) is 3.79. The number of benzene rings is 1. The minimum atomic E-state index is -0.521. The van der Waals surface area contributed by atoms with E-state index in [-0.39, 0.29) is 18.5 Å². The number of halogens is 1. The number of aliphatic hydroxyl groups is 1. The number of carbonyl (C=O) groups excluding carboxylic acids is 1. The van der Waals surface area contributed by atoms with Crippen LogP contribution in [0.2, 0.25) is 0 Å². The monoisotopic (exact) mass is 358 g/mol. The molecular weight excluding hydrogens is 332 g/mol. The van der Waals surface area contributed by atoms with E-state index >= 15 is 0 Å². The Labute approximate surface area is 149 Å². The van der Waals surface area contributed by atoms with Crippen LogP contribution in [-0.4, -0.2) is 73.0 Å². The van der Waals surface area contributed by atoms with E-state index in [1.54, 1.807) is 11.8 Å². The molecule has 2 rings (SSSR count). The van der Waals surface area contributed by atoms with Crippen LogP contribution in [0.15, 0.2) is 30.3 Å². The van der Waals surface area contributed by atoms with Crippen molar-refractivity contribution < 1.29 is 19.4 Å². The molecule has 1 aromatic carbocycles. The van der Waals surface area contributed by atoms with Crippen LogP contribution >= 0.6 is 12.4 Å². The van der Waals surface area contributed by atoms with Crippen LogP contribution in [0.3, 0.4) is 0 Å². The number of β-amino-alcohol motifs (C(OH)–C–C–N with tert-alkyl or cyclic N) is 1. The first-order valence-corrected chi connectivity index (χ1v) is 8.13. The van der Waals surface area contributed by atoms with Gasteiger partial charge in [0.25, 0.3) is 0 Å². The van der Waals surface area contributed by atoms with Gasteiger partial charge in [-0.1, -0.05) is 30.3 Å². The molecule has 7 heteroatoms. The molecule has 0 radical (unpaired) electrons. The van der Waals surface area contributed by atoms with E-state index in [9.17, 15) is 9.90 Å². The van der Waals surface area contributed by atoms with E-state index in [4.69, 9.17) is 9.47 Å². The van der Waals surface area contributed by atoms with Gasteiger partial charge in [-0.2, -0.15) is 0 Å². The molecule has 1 fully saturated rings. The van der Waals surface area contributed by atoms with Gasteiger partial charge in [0.15, 0.2) is 0 Å². The maximum atomic E-state index is 11.6. The van der Waals surface area contributed by atoms with Gasteiger partial charge in [-0.05, 0) is 12.5 Å². The Hall–Kier alpha value is -1.34. The summed E-state index contributed by atoms with van der Waals surface area (Å²) in [5.74, 6) is 0. The summed E-state index contributed by atoms with van der Waals surface area (Å²) in [6.07, 6.45) is -0.772. The molecule has 0 bridgehead atoms. The maximum Gasteiger partial charge on any atom is 0.409 e. The van der Waals surface area contributed by atoms with Crippen molar-refractivity contribution >= 4 is 18.5 Å². The fourth-order valence-corrected chi connectivity index (χ4v) is 2.57. The number of rotatable bonds is 7. The number of carbonyl (C=O) groups is 1. The standard InChI is InChI=1S/C17H26N2O4.ClH/c1-2-23-17(21)19-10-8-18(9-11-19)12-16(20)14-22-13-15-6-4-3-5-7-15;/h3-7,16,20H,2,8-14H2,1H3;1H. The zero-order chi connectivity index (χ0) is 16.5. The third-order valence-electron chi connectivity index (χ3n) is 3.79. The van der Waals surface area contributed by atoms with Crippen molar-refractivity contribution in [3.05, 3.63) is 35.9 Å². The highest BCUT2D eigenvalue weighted by Gasteiger charge is 2.23. The molecule has 1 saturated heterocycles. The second kappa shape index (κ2) is 11.3. The first kappa shape index (κ1) is 20.7. The van der Waals surface area contributed by atoms with Gasteiger partial charge >= 0.3 is 6.09 Å². The zero-order valence-electron chi connectivity index (χ0n) is 14.1. The van der Waals surface area contributed by atoms with Crippen molar-refractivity contribution in [2.75, 3.05) is 45.9 Å². The lowest BCUT2D eigenvalue weighted by Crippen LogP contribution is -2.50. The van der Waals surface area contributed by atoms with Crippen LogP contribution in [0.5, 0.6) is 0 Å². The molecule has 136 valence electrons. The van der Waals surface area contributed by atoms with Crippen LogP contribution in [0.4, 0.5) is 4.79 Å². The summed E-state index contributed by atoms with van der Waals surface area (Å²) >= 11 is 0. The topological polar surface area (TPSA) is 62.2 Å². The molecule has 1 amide bonds. The number of hydrogen-bond donors (Lipinski definition) is 1. The van der Waals surface area contributed by atoms with Gasteiger partial charge in [0.05, 0.1) is 25.9 Å². The number of nitrogens with zero attached hydrogens (tertiary/aromatic N) is 2. The van der Waals surface area contributed by atoms with Crippen LogP contribution < -0.4 is 0 Å². The van der Waals surface area contributed by atoms with Gasteiger partial charge in [0.1, 0.15) is 0 Å². The quantitative estimate of drug-likeness (QED) is 0.804. The lowest BCUT2D eigenvalue weighted by Gasteiger charge is -2.34. The van der Waals surface area contributed by atoms with Gasteiger partial charge in [-0.15, -0.1) is 12.4 Å². The Bertz CT molecular complexity index is 467. The minimum absolute atomic E-state index is 0. The Kier molecular flexibility index (Phi) is 9.71. The molecule has 24 heavy (non-hydrogen) atoms. The second-order valence-electron chi connectivity index (χ2n) is 5.64. The Morgan fingerprint density at radius 2 is 1.88 bits per heavy atom. The Balaban J connectivity index is 0.00000288. The third kappa shape index (κ3) is 7.05. The smallest absolute Gasteiger partial charge is 0.409 e. The maximum absolute atomic E-state index is 11.6. The number of piperazine rings is 1. The lowest BCUT2D eigenvalue weighted by molar-refractivity contribution is 0.00120. The van der Waals surface area contributed by atoms with Gasteiger partial charge in [-0.3, -0.25) is 4.90 Å². The predicted molar refractivity (Wildman–Crippen MR) is 94.4 cm³/mol. The van der Waals surface area contributed by atoms with Crippen LogP contribution in [0, 0.1) is 0 Å². The molecule has 1 atom stereocenters. The highest BCUT2D eigenvalue weighted by molar-refractivity contribution is 5.85.